The number of Topliss-reactive ketones (excluding diaryl/α,β-unsaturated/α-hetero) is 1. The molecular weight excluding hydrogens is 347 g/mol. The molecule has 1 aromatic rings. The van der Waals surface area contributed by atoms with Gasteiger partial charge in [0.05, 0.1) is 11.2 Å². The highest BCUT2D eigenvalue weighted by molar-refractivity contribution is 8.13. The number of benzene rings is 1. The summed E-state index contributed by atoms with van der Waals surface area (Å²) >= 11 is 1.24. The van der Waals surface area contributed by atoms with E-state index in [1.165, 1.54) is 11.8 Å². The summed E-state index contributed by atoms with van der Waals surface area (Å²) in [6.45, 7) is 13.1. The molecule has 0 radical (unpaired) electrons. The Balaban J connectivity index is 2.36. The molecule has 0 aromatic heterocycles. The maximum Gasteiger partial charge on any atom is 0.491 e. The van der Waals surface area contributed by atoms with Crippen LogP contribution >= 0.6 is 11.8 Å². The maximum absolute atomic E-state index is 11.6. The van der Waals surface area contributed by atoms with Gasteiger partial charge in [-0.2, -0.15) is 0 Å². The third-order valence-electron chi connectivity index (χ3n) is 4.98. The van der Waals surface area contributed by atoms with Gasteiger partial charge in [0.2, 0.25) is 0 Å². The molecule has 1 aliphatic rings. The summed E-state index contributed by atoms with van der Waals surface area (Å²) < 4.78 is 12.3. The highest BCUT2D eigenvalue weighted by Gasteiger charge is 2.52. The first kappa shape index (κ1) is 20.9. The number of thioether (sulfide) groups is 1. The van der Waals surface area contributed by atoms with E-state index in [0.717, 1.165) is 22.2 Å². The Morgan fingerprint density at radius 2 is 1.69 bits per heavy atom. The van der Waals surface area contributed by atoms with E-state index in [4.69, 9.17) is 9.31 Å². The van der Waals surface area contributed by atoms with Gasteiger partial charge in [0.15, 0.2) is 10.9 Å². The average molecular weight is 374 g/mol. The monoisotopic (exact) mass is 374 g/mol. The van der Waals surface area contributed by atoms with Gasteiger partial charge in [-0.15, -0.1) is 0 Å². The van der Waals surface area contributed by atoms with Crippen LogP contribution in [0.3, 0.4) is 0 Å². The van der Waals surface area contributed by atoms with Gasteiger partial charge in [-0.1, -0.05) is 36.0 Å². The van der Waals surface area contributed by atoms with Crippen molar-refractivity contribution in [1.82, 2.24) is 0 Å². The molecule has 1 heterocycles. The van der Waals surface area contributed by atoms with Crippen molar-refractivity contribution in [3.05, 3.63) is 40.4 Å². The van der Waals surface area contributed by atoms with Crippen molar-refractivity contribution in [2.24, 2.45) is 0 Å². The quantitative estimate of drug-likeness (QED) is 0.561. The lowest BCUT2D eigenvalue weighted by molar-refractivity contribution is -0.109. The van der Waals surface area contributed by atoms with Crippen molar-refractivity contribution in [1.29, 1.82) is 0 Å². The first-order valence-corrected chi connectivity index (χ1v) is 9.72. The number of hydrogen-bond acceptors (Lipinski definition) is 5. The van der Waals surface area contributed by atoms with Gasteiger partial charge in [-0.3, -0.25) is 9.59 Å². The summed E-state index contributed by atoms with van der Waals surface area (Å²) in [6.07, 6.45) is 2.00. The second kappa shape index (κ2) is 7.71. The Hall–Kier alpha value is -1.37. The summed E-state index contributed by atoms with van der Waals surface area (Å²) in [6, 6.07) is 5.72. The molecule has 0 atom stereocenters. The van der Waals surface area contributed by atoms with Gasteiger partial charge in [0.25, 0.3) is 0 Å². The Kier molecular flexibility index (Phi) is 6.21. The SMILES string of the molecule is CC(=O)SCC(=Cc1ccc(C(C)=O)c(C)c1)B1OC(C)(C)C(C)(C)O1. The first-order chi connectivity index (χ1) is 11.9. The van der Waals surface area contributed by atoms with E-state index < -0.39 is 18.3 Å². The molecule has 1 aliphatic heterocycles. The number of ketones is 1. The van der Waals surface area contributed by atoms with Gasteiger partial charge in [-0.05, 0) is 58.1 Å². The fourth-order valence-electron chi connectivity index (χ4n) is 2.74. The molecule has 0 saturated carbocycles. The van der Waals surface area contributed by atoms with Crippen LogP contribution in [-0.4, -0.2) is 35.0 Å². The lowest BCUT2D eigenvalue weighted by atomic mass is 9.78. The molecule has 6 heteroatoms. The third kappa shape index (κ3) is 4.67. The molecule has 2 rings (SSSR count). The van der Waals surface area contributed by atoms with E-state index >= 15 is 0 Å². The average Bonchev–Trinajstić information content (AvgIpc) is 2.71. The van der Waals surface area contributed by atoms with Gasteiger partial charge in [0.1, 0.15) is 0 Å². The zero-order valence-electron chi connectivity index (χ0n) is 16.6. The molecule has 1 fully saturated rings. The molecule has 0 spiro atoms. The van der Waals surface area contributed by atoms with Crippen molar-refractivity contribution in [3.63, 3.8) is 0 Å². The molecule has 0 unspecified atom stereocenters. The highest BCUT2D eigenvalue weighted by Crippen LogP contribution is 2.39. The lowest BCUT2D eigenvalue weighted by Crippen LogP contribution is -2.41. The van der Waals surface area contributed by atoms with Crippen LogP contribution in [0, 0.1) is 6.92 Å². The van der Waals surface area contributed by atoms with Crippen LogP contribution in [0.1, 0.15) is 63.0 Å². The number of aryl methyl sites for hydroxylation is 1. The molecule has 26 heavy (non-hydrogen) atoms. The molecule has 0 bridgehead atoms. The number of carbonyl (C=O) groups excluding carboxylic acids is 2. The second-order valence-electron chi connectivity index (χ2n) is 7.72. The van der Waals surface area contributed by atoms with Gasteiger partial charge in [-0.25, -0.2) is 0 Å². The van der Waals surface area contributed by atoms with Crippen LogP contribution in [0.4, 0.5) is 0 Å². The zero-order valence-corrected chi connectivity index (χ0v) is 17.5. The Morgan fingerprint density at radius 3 is 2.15 bits per heavy atom. The molecule has 0 amide bonds. The van der Waals surface area contributed by atoms with Crippen molar-refractivity contribution >= 4 is 35.9 Å². The number of carbonyl (C=O) groups is 2. The summed E-state index contributed by atoms with van der Waals surface area (Å²) in [7, 11) is -0.500. The number of rotatable bonds is 5. The maximum atomic E-state index is 11.6. The molecule has 0 N–H and O–H groups in total. The predicted molar refractivity (Wildman–Crippen MR) is 108 cm³/mol. The molecule has 4 nitrogen and oxygen atoms in total. The standard InChI is InChI=1S/C20H27BO4S/c1-13-10-16(8-9-18(13)14(2)22)11-17(12-26-15(3)23)21-24-19(4,5)20(6,7)25-21/h8-11H,12H2,1-7H3. The molecular formula is C20H27BO4S. The van der Waals surface area contributed by atoms with Crippen molar-refractivity contribution < 1.29 is 18.9 Å². The van der Waals surface area contributed by atoms with E-state index in [1.54, 1.807) is 13.8 Å². The van der Waals surface area contributed by atoms with E-state index in [2.05, 4.69) is 0 Å². The topological polar surface area (TPSA) is 52.6 Å². The minimum Gasteiger partial charge on any atom is -0.400 e. The molecule has 140 valence electrons. The summed E-state index contributed by atoms with van der Waals surface area (Å²) in [5.74, 6) is 0.552. The van der Waals surface area contributed by atoms with E-state index in [0.29, 0.717) is 5.75 Å². The normalized spacial score (nSPS) is 18.9. The minimum atomic E-state index is -0.500. The minimum absolute atomic E-state index is 0.0514. The summed E-state index contributed by atoms with van der Waals surface area (Å²) in [4.78, 5) is 23.1. The predicted octanol–water partition coefficient (Wildman–Crippen LogP) is 4.49. The summed E-state index contributed by atoms with van der Waals surface area (Å²) in [5.41, 5.74) is 2.63. The Labute approximate surface area is 160 Å². The van der Waals surface area contributed by atoms with E-state index in [1.807, 2.05) is 58.9 Å². The summed E-state index contributed by atoms with van der Waals surface area (Å²) in [5, 5.41) is 0.0514. The Morgan fingerprint density at radius 1 is 1.12 bits per heavy atom. The van der Waals surface area contributed by atoms with Crippen molar-refractivity contribution in [2.75, 3.05) is 5.75 Å². The first-order valence-electron chi connectivity index (χ1n) is 8.74. The van der Waals surface area contributed by atoms with Gasteiger partial charge < -0.3 is 9.31 Å². The van der Waals surface area contributed by atoms with Crippen LogP contribution in [0.25, 0.3) is 6.08 Å². The third-order valence-corrected chi connectivity index (χ3v) is 5.86. The van der Waals surface area contributed by atoms with Crippen LogP contribution < -0.4 is 0 Å². The largest absolute Gasteiger partial charge is 0.491 e. The van der Waals surface area contributed by atoms with E-state index in [-0.39, 0.29) is 10.9 Å². The van der Waals surface area contributed by atoms with Crippen LogP contribution in [0.2, 0.25) is 0 Å². The fraction of sp³-hybridized carbons (Fsp3) is 0.500. The van der Waals surface area contributed by atoms with Gasteiger partial charge in [0, 0.05) is 18.2 Å². The number of hydrogen-bond donors (Lipinski definition) is 0. The van der Waals surface area contributed by atoms with Crippen LogP contribution in [0.5, 0.6) is 0 Å². The van der Waals surface area contributed by atoms with Crippen molar-refractivity contribution in [2.45, 2.75) is 59.7 Å². The van der Waals surface area contributed by atoms with Crippen LogP contribution in [-0.2, 0) is 14.1 Å². The smallest absolute Gasteiger partial charge is 0.400 e. The zero-order chi connectivity index (χ0) is 19.7. The van der Waals surface area contributed by atoms with Gasteiger partial charge >= 0.3 is 7.12 Å². The molecule has 0 aliphatic carbocycles. The fourth-order valence-corrected chi connectivity index (χ4v) is 3.33. The molecule has 1 saturated heterocycles. The second-order valence-corrected chi connectivity index (χ2v) is 8.87. The lowest BCUT2D eigenvalue weighted by Gasteiger charge is -2.32. The molecule has 1 aromatic carbocycles. The van der Waals surface area contributed by atoms with Crippen molar-refractivity contribution in [3.8, 4) is 0 Å². The van der Waals surface area contributed by atoms with E-state index in [9.17, 15) is 9.59 Å². The highest BCUT2D eigenvalue weighted by atomic mass is 32.2. The van der Waals surface area contributed by atoms with Crippen LogP contribution in [0.15, 0.2) is 23.7 Å². The Bertz CT molecular complexity index is 736.